The summed E-state index contributed by atoms with van der Waals surface area (Å²) in [4.78, 5) is 0. The number of aliphatic hydroxyl groups is 1. The van der Waals surface area contributed by atoms with E-state index in [-0.39, 0.29) is 6.04 Å². The highest BCUT2D eigenvalue weighted by Gasteiger charge is 2.44. The van der Waals surface area contributed by atoms with Gasteiger partial charge in [-0.05, 0) is 43.4 Å². The first-order valence-corrected chi connectivity index (χ1v) is 5.85. The highest BCUT2D eigenvalue weighted by molar-refractivity contribution is 5.38. The fraction of sp³-hybridized carbons (Fsp3) is 0.538. The minimum absolute atomic E-state index is 0.265. The molecular weight excluding hydrogens is 186 g/mol. The van der Waals surface area contributed by atoms with Crippen LogP contribution >= 0.6 is 0 Å². The van der Waals surface area contributed by atoms with Crippen LogP contribution in [0.25, 0.3) is 0 Å². The average molecular weight is 203 g/mol. The summed E-state index contributed by atoms with van der Waals surface area (Å²) in [6.45, 7) is 1.05. The van der Waals surface area contributed by atoms with Crippen LogP contribution in [-0.4, -0.2) is 17.7 Å². The quantitative estimate of drug-likeness (QED) is 0.726. The van der Waals surface area contributed by atoms with Crippen molar-refractivity contribution in [2.24, 2.45) is 0 Å². The Kier molecular flexibility index (Phi) is 2.08. The van der Waals surface area contributed by atoms with E-state index in [4.69, 9.17) is 0 Å². The highest BCUT2D eigenvalue weighted by Crippen LogP contribution is 2.41. The molecule has 0 saturated carbocycles. The van der Waals surface area contributed by atoms with Gasteiger partial charge in [0.1, 0.15) is 5.60 Å². The molecular formula is C13H17NO. The standard InChI is InChI=1S/C13H17NO/c15-13(12-6-3-9-14-12)8-7-10-4-1-2-5-11(10)13/h1-2,4-5,12,14-15H,3,6-9H2/t12-,13-/m0/s1. The van der Waals surface area contributed by atoms with E-state index in [1.165, 1.54) is 12.0 Å². The van der Waals surface area contributed by atoms with Gasteiger partial charge < -0.3 is 10.4 Å². The molecule has 0 bridgehead atoms. The molecule has 0 radical (unpaired) electrons. The molecule has 2 aliphatic rings. The molecule has 0 aromatic heterocycles. The maximum atomic E-state index is 10.8. The fourth-order valence-corrected chi connectivity index (χ4v) is 3.07. The fourth-order valence-electron chi connectivity index (χ4n) is 3.07. The van der Waals surface area contributed by atoms with E-state index in [0.717, 1.165) is 31.4 Å². The molecule has 0 unspecified atom stereocenters. The van der Waals surface area contributed by atoms with Gasteiger partial charge in [0.25, 0.3) is 0 Å². The van der Waals surface area contributed by atoms with Crippen molar-refractivity contribution in [1.82, 2.24) is 5.32 Å². The molecule has 3 rings (SSSR count). The Hall–Kier alpha value is -0.860. The lowest BCUT2D eigenvalue weighted by Gasteiger charge is -2.31. The van der Waals surface area contributed by atoms with E-state index in [1.807, 2.05) is 6.07 Å². The summed E-state index contributed by atoms with van der Waals surface area (Å²) >= 11 is 0. The van der Waals surface area contributed by atoms with Crippen LogP contribution in [0.1, 0.15) is 30.4 Å². The van der Waals surface area contributed by atoms with Crippen LogP contribution in [0.5, 0.6) is 0 Å². The number of rotatable bonds is 1. The molecule has 15 heavy (non-hydrogen) atoms. The van der Waals surface area contributed by atoms with Gasteiger partial charge in [-0.1, -0.05) is 24.3 Å². The molecule has 2 N–H and O–H groups in total. The van der Waals surface area contributed by atoms with E-state index in [1.54, 1.807) is 0 Å². The van der Waals surface area contributed by atoms with Gasteiger partial charge >= 0.3 is 0 Å². The molecule has 80 valence electrons. The first-order valence-electron chi connectivity index (χ1n) is 5.85. The molecule has 2 atom stereocenters. The highest BCUT2D eigenvalue weighted by atomic mass is 16.3. The van der Waals surface area contributed by atoms with Crippen molar-refractivity contribution in [3.8, 4) is 0 Å². The second-order valence-corrected chi connectivity index (χ2v) is 4.73. The van der Waals surface area contributed by atoms with Crippen LogP contribution in [0.2, 0.25) is 0 Å². The van der Waals surface area contributed by atoms with E-state index >= 15 is 0 Å². The third kappa shape index (κ3) is 1.32. The summed E-state index contributed by atoms with van der Waals surface area (Å²) in [6, 6.07) is 8.59. The lowest BCUT2D eigenvalue weighted by atomic mass is 9.87. The lowest BCUT2D eigenvalue weighted by molar-refractivity contribution is 0.00461. The average Bonchev–Trinajstić information content (AvgIpc) is 2.88. The van der Waals surface area contributed by atoms with Crippen LogP contribution in [-0.2, 0) is 12.0 Å². The number of fused-ring (bicyclic) bond motifs is 1. The normalized spacial score (nSPS) is 34.3. The maximum absolute atomic E-state index is 10.8. The molecule has 1 aliphatic carbocycles. The number of hydrogen-bond donors (Lipinski definition) is 2. The van der Waals surface area contributed by atoms with Gasteiger partial charge in [0.05, 0.1) is 0 Å². The second kappa shape index (κ2) is 3.32. The smallest absolute Gasteiger partial charge is 0.105 e. The first kappa shape index (κ1) is 9.37. The minimum atomic E-state index is -0.604. The zero-order valence-corrected chi connectivity index (χ0v) is 8.87. The Morgan fingerprint density at radius 3 is 3.00 bits per heavy atom. The summed E-state index contributed by atoms with van der Waals surface area (Å²) in [5, 5.41) is 14.2. The van der Waals surface area contributed by atoms with Crippen molar-refractivity contribution in [3.05, 3.63) is 35.4 Å². The molecule has 2 nitrogen and oxygen atoms in total. The predicted octanol–water partition coefficient (Wildman–Crippen LogP) is 1.57. The van der Waals surface area contributed by atoms with Crippen molar-refractivity contribution in [1.29, 1.82) is 0 Å². The van der Waals surface area contributed by atoms with Gasteiger partial charge in [-0.15, -0.1) is 0 Å². The molecule has 1 fully saturated rings. The molecule has 2 heteroatoms. The molecule has 1 heterocycles. The van der Waals surface area contributed by atoms with Crippen LogP contribution in [0.15, 0.2) is 24.3 Å². The lowest BCUT2D eigenvalue weighted by Crippen LogP contribution is -2.43. The monoisotopic (exact) mass is 203 g/mol. The van der Waals surface area contributed by atoms with Crippen molar-refractivity contribution in [3.63, 3.8) is 0 Å². The summed E-state index contributed by atoms with van der Waals surface area (Å²) in [5.41, 5.74) is 1.88. The third-order valence-corrected chi connectivity index (χ3v) is 3.90. The Balaban J connectivity index is 2.00. The largest absolute Gasteiger partial charge is 0.384 e. The van der Waals surface area contributed by atoms with E-state index in [9.17, 15) is 5.11 Å². The van der Waals surface area contributed by atoms with Crippen LogP contribution < -0.4 is 5.32 Å². The van der Waals surface area contributed by atoms with Crippen molar-refractivity contribution in [2.45, 2.75) is 37.3 Å². The van der Waals surface area contributed by atoms with Crippen molar-refractivity contribution in [2.75, 3.05) is 6.54 Å². The second-order valence-electron chi connectivity index (χ2n) is 4.73. The van der Waals surface area contributed by atoms with Gasteiger partial charge in [-0.2, -0.15) is 0 Å². The molecule has 1 saturated heterocycles. The predicted molar refractivity (Wildman–Crippen MR) is 59.7 cm³/mol. The summed E-state index contributed by atoms with van der Waals surface area (Å²) in [5.74, 6) is 0. The van der Waals surface area contributed by atoms with Crippen LogP contribution in [0.3, 0.4) is 0 Å². The Morgan fingerprint density at radius 1 is 1.33 bits per heavy atom. The summed E-state index contributed by atoms with van der Waals surface area (Å²) in [7, 11) is 0. The minimum Gasteiger partial charge on any atom is -0.384 e. The first-order chi connectivity index (χ1) is 7.31. The van der Waals surface area contributed by atoms with Gasteiger partial charge in [-0.3, -0.25) is 0 Å². The van der Waals surface area contributed by atoms with Gasteiger partial charge in [0.15, 0.2) is 0 Å². The van der Waals surface area contributed by atoms with Gasteiger partial charge in [-0.25, -0.2) is 0 Å². The number of benzene rings is 1. The van der Waals surface area contributed by atoms with Crippen molar-refractivity contribution >= 4 is 0 Å². The molecule has 1 aromatic carbocycles. The number of nitrogens with one attached hydrogen (secondary N) is 1. The van der Waals surface area contributed by atoms with E-state index in [2.05, 4.69) is 23.5 Å². The molecule has 1 aliphatic heterocycles. The third-order valence-electron chi connectivity index (χ3n) is 3.90. The van der Waals surface area contributed by atoms with Gasteiger partial charge in [0, 0.05) is 6.04 Å². The van der Waals surface area contributed by atoms with E-state index in [0.29, 0.717) is 0 Å². The topological polar surface area (TPSA) is 32.3 Å². The Bertz CT molecular complexity index is 371. The zero-order chi connectivity index (χ0) is 10.3. The number of hydrogen-bond acceptors (Lipinski definition) is 2. The maximum Gasteiger partial charge on any atom is 0.105 e. The number of aryl methyl sites for hydroxylation is 1. The Morgan fingerprint density at radius 2 is 2.20 bits per heavy atom. The van der Waals surface area contributed by atoms with Gasteiger partial charge in [0.2, 0.25) is 0 Å². The van der Waals surface area contributed by atoms with Crippen LogP contribution in [0.4, 0.5) is 0 Å². The zero-order valence-electron chi connectivity index (χ0n) is 8.87. The summed E-state index contributed by atoms with van der Waals surface area (Å²) in [6.07, 6.45) is 4.19. The molecule has 1 aromatic rings. The Labute approximate surface area is 90.3 Å². The van der Waals surface area contributed by atoms with E-state index < -0.39 is 5.60 Å². The molecule has 0 amide bonds. The molecule has 0 spiro atoms. The SMILES string of the molecule is O[C@@]1([C@@H]2CCCN2)CCc2ccccc21. The summed E-state index contributed by atoms with van der Waals surface area (Å²) < 4.78 is 0. The van der Waals surface area contributed by atoms with Crippen LogP contribution in [0, 0.1) is 0 Å². The van der Waals surface area contributed by atoms with Crippen molar-refractivity contribution < 1.29 is 5.11 Å².